The van der Waals surface area contributed by atoms with Crippen molar-refractivity contribution in [3.63, 3.8) is 0 Å². The SMILES string of the molecule is CCNC(=O)c1cccc(NC(=O)c2ccc(Cl)c(S(C)(=O)=O)c2)c1. The van der Waals surface area contributed by atoms with Crippen molar-refractivity contribution >= 4 is 38.9 Å². The summed E-state index contributed by atoms with van der Waals surface area (Å²) in [4.78, 5) is 24.1. The minimum Gasteiger partial charge on any atom is -0.352 e. The number of benzene rings is 2. The van der Waals surface area contributed by atoms with Crippen molar-refractivity contribution < 1.29 is 18.0 Å². The Morgan fingerprint density at radius 2 is 1.72 bits per heavy atom. The molecule has 0 unspecified atom stereocenters. The Kier molecular flexibility index (Phi) is 5.81. The lowest BCUT2D eigenvalue weighted by atomic mass is 10.1. The minimum atomic E-state index is -3.55. The number of carbonyl (C=O) groups excluding carboxylic acids is 2. The van der Waals surface area contributed by atoms with Crippen molar-refractivity contribution in [2.24, 2.45) is 0 Å². The van der Waals surface area contributed by atoms with Crippen molar-refractivity contribution in [1.29, 1.82) is 0 Å². The molecule has 0 atom stereocenters. The molecule has 2 rings (SSSR count). The van der Waals surface area contributed by atoms with Crippen molar-refractivity contribution in [1.82, 2.24) is 5.32 Å². The summed E-state index contributed by atoms with van der Waals surface area (Å²) in [7, 11) is -3.55. The van der Waals surface area contributed by atoms with Crippen LogP contribution >= 0.6 is 11.6 Å². The summed E-state index contributed by atoms with van der Waals surface area (Å²) in [6, 6.07) is 10.5. The van der Waals surface area contributed by atoms with Gasteiger partial charge in [0.15, 0.2) is 9.84 Å². The van der Waals surface area contributed by atoms with Crippen molar-refractivity contribution in [3.8, 4) is 0 Å². The Balaban J connectivity index is 2.26. The molecule has 0 heterocycles. The molecule has 0 bridgehead atoms. The highest BCUT2D eigenvalue weighted by Gasteiger charge is 2.16. The number of halogens is 1. The quantitative estimate of drug-likeness (QED) is 0.834. The van der Waals surface area contributed by atoms with E-state index in [2.05, 4.69) is 10.6 Å². The van der Waals surface area contributed by atoms with Crippen molar-refractivity contribution in [3.05, 3.63) is 58.6 Å². The molecule has 0 aliphatic heterocycles. The van der Waals surface area contributed by atoms with Gasteiger partial charge in [-0.3, -0.25) is 9.59 Å². The van der Waals surface area contributed by atoms with Crippen LogP contribution in [0.2, 0.25) is 5.02 Å². The molecule has 6 nitrogen and oxygen atoms in total. The molecule has 0 aliphatic rings. The fourth-order valence-electron chi connectivity index (χ4n) is 2.13. The first kappa shape index (κ1) is 19.0. The van der Waals surface area contributed by atoms with Gasteiger partial charge in [0.05, 0.1) is 9.92 Å². The molecule has 2 aromatic rings. The number of carbonyl (C=O) groups is 2. The van der Waals surface area contributed by atoms with Gasteiger partial charge in [0.1, 0.15) is 0 Å². The Morgan fingerprint density at radius 3 is 2.36 bits per heavy atom. The fourth-order valence-corrected chi connectivity index (χ4v) is 3.43. The normalized spacial score (nSPS) is 11.0. The maximum Gasteiger partial charge on any atom is 0.255 e. The Bertz CT molecular complexity index is 926. The lowest BCUT2D eigenvalue weighted by Crippen LogP contribution is -2.22. The zero-order valence-corrected chi connectivity index (χ0v) is 15.2. The van der Waals surface area contributed by atoms with Crippen LogP contribution in [0.1, 0.15) is 27.6 Å². The number of anilines is 1. The largest absolute Gasteiger partial charge is 0.352 e. The lowest BCUT2D eigenvalue weighted by Gasteiger charge is -2.09. The lowest BCUT2D eigenvalue weighted by molar-refractivity contribution is 0.0954. The summed E-state index contributed by atoms with van der Waals surface area (Å²) in [5.74, 6) is -0.751. The zero-order valence-electron chi connectivity index (χ0n) is 13.7. The highest BCUT2D eigenvalue weighted by atomic mass is 35.5. The molecule has 0 saturated carbocycles. The summed E-state index contributed by atoms with van der Waals surface area (Å²) in [6.07, 6.45) is 1.02. The number of hydrogen-bond donors (Lipinski definition) is 2. The molecule has 132 valence electrons. The summed E-state index contributed by atoms with van der Waals surface area (Å²) in [5.41, 5.74) is 0.977. The van der Waals surface area contributed by atoms with Gasteiger partial charge in [0.25, 0.3) is 11.8 Å². The third-order valence-corrected chi connectivity index (χ3v) is 4.89. The van der Waals surface area contributed by atoms with E-state index in [0.717, 1.165) is 6.26 Å². The van der Waals surface area contributed by atoms with E-state index in [1.54, 1.807) is 18.2 Å². The van der Waals surface area contributed by atoms with Crippen LogP contribution in [0.5, 0.6) is 0 Å². The number of amides is 2. The van der Waals surface area contributed by atoms with E-state index in [-0.39, 0.29) is 21.4 Å². The number of sulfone groups is 1. The smallest absolute Gasteiger partial charge is 0.255 e. The molecule has 0 radical (unpaired) electrons. The van der Waals surface area contributed by atoms with Crippen LogP contribution in [0.3, 0.4) is 0 Å². The molecule has 0 saturated heterocycles. The second-order valence-corrected chi connectivity index (χ2v) is 7.70. The van der Waals surface area contributed by atoms with Gasteiger partial charge >= 0.3 is 0 Å². The van der Waals surface area contributed by atoms with E-state index < -0.39 is 15.7 Å². The number of nitrogens with one attached hydrogen (secondary N) is 2. The van der Waals surface area contributed by atoms with E-state index in [1.165, 1.54) is 24.3 Å². The molecule has 0 aromatic heterocycles. The molecule has 2 N–H and O–H groups in total. The van der Waals surface area contributed by atoms with Crippen LogP contribution in [-0.4, -0.2) is 33.0 Å². The van der Waals surface area contributed by atoms with Crippen LogP contribution in [-0.2, 0) is 9.84 Å². The van der Waals surface area contributed by atoms with E-state index >= 15 is 0 Å². The summed E-state index contributed by atoms with van der Waals surface area (Å²) >= 11 is 5.88. The van der Waals surface area contributed by atoms with Crippen molar-refractivity contribution in [2.45, 2.75) is 11.8 Å². The van der Waals surface area contributed by atoms with Gasteiger partial charge < -0.3 is 10.6 Å². The highest BCUT2D eigenvalue weighted by Crippen LogP contribution is 2.23. The van der Waals surface area contributed by atoms with E-state index in [9.17, 15) is 18.0 Å². The summed E-state index contributed by atoms with van der Waals surface area (Å²) in [5, 5.41) is 5.36. The topological polar surface area (TPSA) is 92.3 Å². The van der Waals surface area contributed by atoms with Gasteiger partial charge in [-0.2, -0.15) is 0 Å². The summed E-state index contributed by atoms with van der Waals surface area (Å²) in [6.45, 7) is 2.30. The molecule has 0 fully saturated rings. The van der Waals surface area contributed by atoms with E-state index in [4.69, 9.17) is 11.6 Å². The molecule has 25 heavy (non-hydrogen) atoms. The number of rotatable bonds is 5. The molecule has 0 spiro atoms. The molecule has 2 aromatic carbocycles. The third-order valence-electron chi connectivity index (χ3n) is 3.31. The van der Waals surface area contributed by atoms with Gasteiger partial charge in [-0.15, -0.1) is 0 Å². The Labute approximate surface area is 151 Å². The molecule has 0 aliphatic carbocycles. The first-order chi connectivity index (χ1) is 11.7. The molecule has 8 heteroatoms. The maximum absolute atomic E-state index is 12.4. The maximum atomic E-state index is 12.4. The predicted octanol–water partition coefficient (Wildman–Crippen LogP) is 2.75. The molecular formula is C17H17ClN2O4S. The second-order valence-electron chi connectivity index (χ2n) is 5.31. The number of hydrogen-bond acceptors (Lipinski definition) is 4. The van der Waals surface area contributed by atoms with Gasteiger partial charge in [0.2, 0.25) is 0 Å². The average Bonchev–Trinajstić information content (AvgIpc) is 2.54. The summed E-state index contributed by atoms with van der Waals surface area (Å²) < 4.78 is 23.4. The van der Waals surface area contributed by atoms with Crippen LogP contribution in [0.4, 0.5) is 5.69 Å². The molecular weight excluding hydrogens is 364 g/mol. The predicted molar refractivity (Wildman–Crippen MR) is 97.0 cm³/mol. The standard InChI is InChI=1S/C17H17ClN2O4S/c1-3-19-16(21)11-5-4-6-13(9-11)20-17(22)12-7-8-14(18)15(10-12)25(2,23)24/h4-10H,3H2,1-2H3,(H,19,21)(H,20,22). The minimum absolute atomic E-state index is 0.0530. The average molecular weight is 381 g/mol. The molecule has 2 amide bonds. The fraction of sp³-hybridized carbons (Fsp3) is 0.176. The zero-order chi connectivity index (χ0) is 18.6. The monoisotopic (exact) mass is 380 g/mol. The van der Waals surface area contributed by atoms with Gasteiger partial charge in [-0.1, -0.05) is 17.7 Å². The van der Waals surface area contributed by atoms with Crippen LogP contribution < -0.4 is 10.6 Å². The Morgan fingerprint density at radius 1 is 1.04 bits per heavy atom. The van der Waals surface area contributed by atoms with E-state index in [0.29, 0.717) is 17.8 Å². The first-order valence-corrected chi connectivity index (χ1v) is 9.68. The second kappa shape index (κ2) is 7.67. The van der Waals surface area contributed by atoms with E-state index in [1.807, 2.05) is 6.92 Å². The highest BCUT2D eigenvalue weighted by molar-refractivity contribution is 7.90. The Hall–Kier alpha value is -2.38. The van der Waals surface area contributed by atoms with Crippen LogP contribution in [0, 0.1) is 0 Å². The first-order valence-electron chi connectivity index (χ1n) is 7.41. The third kappa shape index (κ3) is 4.80. The van der Waals surface area contributed by atoms with Gasteiger partial charge in [0, 0.05) is 29.6 Å². The van der Waals surface area contributed by atoms with Gasteiger partial charge in [-0.25, -0.2) is 8.42 Å². The van der Waals surface area contributed by atoms with Gasteiger partial charge in [-0.05, 0) is 43.3 Å². The van der Waals surface area contributed by atoms with Crippen LogP contribution in [0.15, 0.2) is 47.4 Å². The van der Waals surface area contributed by atoms with Crippen molar-refractivity contribution in [2.75, 3.05) is 18.1 Å². The van der Waals surface area contributed by atoms with Crippen LogP contribution in [0.25, 0.3) is 0 Å².